The van der Waals surface area contributed by atoms with E-state index in [9.17, 15) is 9.59 Å². The summed E-state index contributed by atoms with van der Waals surface area (Å²) in [4.78, 5) is 27.3. The van der Waals surface area contributed by atoms with Crippen LogP contribution in [-0.2, 0) is 9.59 Å². The van der Waals surface area contributed by atoms with Crippen LogP contribution >= 0.6 is 11.6 Å². The molecule has 1 N–H and O–H groups in total. The van der Waals surface area contributed by atoms with Gasteiger partial charge in [-0.15, -0.1) is 0 Å². The number of carbonyl (C=O) groups excluding carboxylic acids is 2. The Labute approximate surface area is 194 Å². The number of aromatic nitrogens is 2. The first-order valence-corrected chi connectivity index (χ1v) is 11.1. The molecule has 3 rings (SSSR count). The summed E-state index contributed by atoms with van der Waals surface area (Å²) in [5.41, 5.74) is 1.72. The van der Waals surface area contributed by atoms with Gasteiger partial charge in [0.1, 0.15) is 5.82 Å². The lowest BCUT2D eigenvalue weighted by Crippen LogP contribution is -2.44. The highest BCUT2D eigenvalue weighted by Crippen LogP contribution is 2.28. The highest BCUT2D eigenvalue weighted by atomic mass is 35.5. The average Bonchev–Trinajstić information content (AvgIpc) is 3.16. The number of hydrogen-bond acceptors (Lipinski definition) is 3. The molecule has 0 aliphatic rings. The van der Waals surface area contributed by atoms with Gasteiger partial charge in [0.2, 0.25) is 11.8 Å². The zero-order valence-corrected chi connectivity index (χ0v) is 19.7. The molecule has 0 unspecified atom stereocenters. The second-order valence-corrected chi connectivity index (χ2v) is 9.08. The highest BCUT2D eigenvalue weighted by molar-refractivity contribution is 6.32. The Hall–Kier alpha value is -3.12. The van der Waals surface area contributed by atoms with Crippen molar-refractivity contribution in [3.8, 4) is 16.9 Å². The quantitative estimate of drug-likeness (QED) is 0.520. The number of para-hydroxylation sites is 1. The van der Waals surface area contributed by atoms with Gasteiger partial charge in [0.25, 0.3) is 0 Å². The van der Waals surface area contributed by atoms with E-state index in [0.717, 1.165) is 12.0 Å². The van der Waals surface area contributed by atoms with E-state index in [4.69, 9.17) is 16.7 Å². The lowest BCUT2D eigenvalue weighted by molar-refractivity contribution is -0.141. The summed E-state index contributed by atoms with van der Waals surface area (Å²) in [5.74, 6) is 0.143. The van der Waals surface area contributed by atoms with Crippen molar-refractivity contribution in [2.24, 2.45) is 5.41 Å². The maximum atomic E-state index is 13.0. The molecule has 0 atom stereocenters. The van der Waals surface area contributed by atoms with E-state index in [1.54, 1.807) is 15.6 Å². The summed E-state index contributed by atoms with van der Waals surface area (Å²) >= 11 is 6.41. The van der Waals surface area contributed by atoms with Crippen molar-refractivity contribution in [3.63, 3.8) is 0 Å². The predicted molar refractivity (Wildman–Crippen MR) is 129 cm³/mol. The molecule has 0 aliphatic carbocycles. The Morgan fingerprint density at radius 3 is 2.34 bits per heavy atom. The second-order valence-electron chi connectivity index (χ2n) is 8.67. The Morgan fingerprint density at radius 2 is 1.72 bits per heavy atom. The topological polar surface area (TPSA) is 67.2 Å². The van der Waals surface area contributed by atoms with Crippen LogP contribution in [0.25, 0.3) is 16.9 Å². The summed E-state index contributed by atoms with van der Waals surface area (Å²) in [6, 6.07) is 18.8. The molecule has 0 radical (unpaired) electrons. The Kier molecular flexibility index (Phi) is 7.36. The number of amides is 2. The fraction of sp³-hybridized carbons (Fsp3) is 0.320. The minimum absolute atomic E-state index is 0.0294. The molecule has 7 heteroatoms. The van der Waals surface area contributed by atoms with Crippen LogP contribution in [0.4, 0.5) is 5.82 Å². The number of benzene rings is 2. The number of rotatable bonds is 7. The summed E-state index contributed by atoms with van der Waals surface area (Å²) in [7, 11) is 0. The van der Waals surface area contributed by atoms with Gasteiger partial charge < -0.3 is 10.2 Å². The third-order valence-electron chi connectivity index (χ3n) is 4.88. The van der Waals surface area contributed by atoms with Crippen molar-refractivity contribution in [2.45, 2.75) is 34.1 Å². The first-order chi connectivity index (χ1) is 15.2. The minimum atomic E-state index is -0.560. The van der Waals surface area contributed by atoms with Gasteiger partial charge >= 0.3 is 0 Å². The lowest BCUT2D eigenvalue weighted by Gasteiger charge is -2.28. The van der Waals surface area contributed by atoms with Gasteiger partial charge in [0.15, 0.2) is 0 Å². The van der Waals surface area contributed by atoms with Crippen molar-refractivity contribution in [1.82, 2.24) is 14.7 Å². The van der Waals surface area contributed by atoms with Gasteiger partial charge in [-0.05, 0) is 18.6 Å². The third-order valence-corrected chi connectivity index (χ3v) is 5.20. The van der Waals surface area contributed by atoms with E-state index in [1.165, 1.54) is 0 Å². The van der Waals surface area contributed by atoms with Crippen molar-refractivity contribution >= 4 is 29.2 Å². The Morgan fingerprint density at radius 1 is 1.06 bits per heavy atom. The molecular weight excluding hydrogens is 424 g/mol. The SMILES string of the molecule is CCCN(CC(=O)Nc1cc(-c2ccccc2)nn1-c1ccccc1Cl)C(=O)C(C)(C)C. The fourth-order valence-corrected chi connectivity index (χ4v) is 3.60. The molecule has 2 aromatic carbocycles. The van der Waals surface area contributed by atoms with E-state index >= 15 is 0 Å². The molecule has 1 heterocycles. The summed E-state index contributed by atoms with van der Waals surface area (Å²) in [6.45, 7) is 8.04. The molecule has 1 aromatic heterocycles. The van der Waals surface area contributed by atoms with Crippen LogP contribution in [0, 0.1) is 5.41 Å². The summed E-state index contributed by atoms with van der Waals surface area (Å²) in [6.07, 6.45) is 0.769. The maximum absolute atomic E-state index is 13.0. The van der Waals surface area contributed by atoms with Gasteiger partial charge in [-0.25, -0.2) is 4.68 Å². The zero-order chi connectivity index (χ0) is 23.3. The van der Waals surface area contributed by atoms with Gasteiger partial charge in [0.05, 0.1) is 22.9 Å². The third kappa shape index (κ3) is 5.56. The van der Waals surface area contributed by atoms with Crippen LogP contribution in [0.2, 0.25) is 5.02 Å². The number of halogens is 1. The van der Waals surface area contributed by atoms with Gasteiger partial charge in [-0.2, -0.15) is 5.10 Å². The molecule has 32 heavy (non-hydrogen) atoms. The van der Waals surface area contributed by atoms with E-state index in [0.29, 0.717) is 28.8 Å². The van der Waals surface area contributed by atoms with Crippen LogP contribution in [0.15, 0.2) is 60.7 Å². The number of carbonyl (C=O) groups is 2. The van der Waals surface area contributed by atoms with Crippen molar-refractivity contribution in [2.75, 3.05) is 18.4 Å². The molecule has 168 valence electrons. The standard InChI is InChI=1S/C25H29ClN4O2/c1-5-15-29(24(32)25(2,3)4)17-23(31)27-22-16-20(18-11-7-6-8-12-18)28-30(22)21-14-10-9-13-19(21)26/h6-14,16H,5,15,17H2,1-4H3,(H,27,31). The molecule has 6 nitrogen and oxygen atoms in total. The van der Waals surface area contributed by atoms with Crippen LogP contribution < -0.4 is 5.32 Å². The molecule has 2 amide bonds. The molecule has 0 bridgehead atoms. The number of nitrogens with one attached hydrogen (secondary N) is 1. The van der Waals surface area contributed by atoms with E-state index < -0.39 is 5.41 Å². The van der Waals surface area contributed by atoms with Crippen LogP contribution in [-0.4, -0.2) is 39.6 Å². The summed E-state index contributed by atoms with van der Waals surface area (Å²) < 4.78 is 1.62. The van der Waals surface area contributed by atoms with Gasteiger partial charge in [-0.3, -0.25) is 9.59 Å². The molecule has 0 saturated carbocycles. The number of nitrogens with zero attached hydrogens (tertiary/aromatic N) is 3. The molecule has 0 spiro atoms. The van der Waals surface area contributed by atoms with Gasteiger partial charge in [0, 0.05) is 23.6 Å². The number of hydrogen-bond donors (Lipinski definition) is 1. The first-order valence-electron chi connectivity index (χ1n) is 10.7. The zero-order valence-electron chi connectivity index (χ0n) is 18.9. The Balaban J connectivity index is 1.92. The van der Waals surface area contributed by atoms with Crippen LogP contribution in [0.3, 0.4) is 0 Å². The maximum Gasteiger partial charge on any atom is 0.245 e. The lowest BCUT2D eigenvalue weighted by atomic mass is 9.94. The van der Waals surface area contributed by atoms with Crippen molar-refractivity contribution < 1.29 is 9.59 Å². The minimum Gasteiger partial charge on any atom is -0.333 e. The molecular formula is C25H29ClN4O2. The predicted octanol–water partition coefficient (Wildman–Crippen LogP) is 5.42. The van der Waals surface area contributed by atoms with Crippen molar-refractivity contribution in [3.05, 3.63) is 65.7 Å². The largest absolute Gasteiger partial charge is 0.333 e. The fourth-order valence-electron chi connectivity index (χ4n) is 3.38. The molecule has 0 fully saturated rings. The smallest absolute Gasteiger partial charge is 0.245 e. The van der Waals surface area contributed by atoms with E-state index in [2.05, 4.69) is 5.32 Å². The van der Waals surface area contributed by atoms with E-state index in [1.807, 2.05) is 82.3 Å². The van der Waals surface area contributed by atoms with Crippen LogP contribution in [0.1, 0.15) is 34.1 Å². The molecule has 3 aromatic rings. The molecule has 0 aliphatic heterocycles. The van der Waals surface area contributed by atoms with Crippen molar-refractivity contribution in [1.29, 1.82) is 0 Å². The first kappa shape index (κ1) is 23.5. The second kappa shape index (κ2) is 10.0. The normalized spacial score (nSPS) is 11.3. The van der Waals surface area contributed by atoms with Crippen LogP contribution in [0.5, 0.6) is 0 Å². The van der Waals surface area contributed by atoms with E-state index in [-0.39, 0.29) is 18.4 Å². The summed E-state index contributed by atoms with van der Waals surface area (Å²) in [5, 5.41) is 8.14. The average molecular weight is 453 g/mol. The monoisotopic (exact) mass is 452 g/mol. The van der Waals surface area contributed by atoms with Gasteiger partial charge in [-0.1, -0.05) is 81.8 Å². The Bertz CT molecular complexity index is 1090. The molecule has 0 saturated heterocycles. The number of anilines is 1. The highest BCUT2D eigenvalue weighted by Gasteiger charge is 2.28.